The Hall–Kier alpha value is -3.44. The van der Waals surface area contributed by atoms with Crippen molar-refractivity contribution in [3.8, 4) is 17.1 Å². The maximum atomic E-state index is 13.0. The number of nitrogens with zero attached hydrogens (tertiary/aromatic N) is 5. The fourth-order valence-electron chi connectivity index (χ4n) is 2.87. The number of rotatable bonds is 5. The molecule has 0 spiro atoms. The predicted molar refractivity (Wildman–Crippen MR) is 112 cm³/mol. The summed E-state index contributed by atoms with van der Waals surface area (Å²) in [5.41, 5.74) is -0.495. The van der Waals surface area contributed by atoms with Crippen molar-refractivity contribution in [1.82, 2.24) is 19.7 Å². The van der Waals surface area contributed by atoms with E-state index in [1.54, 1.807) is 53.4 Å². The van der Waals surface area contributed by atoms with Gasteiger partial charge in [0.1, 0.15) is 0 Å². The molecule has 0 amide bonds. The van der Waals surface area contributed by atoms with Gasteiger partial charge in [0.25, 0.3) is 5.69 Å². The van der Waals surface area contributed by atoms with Gasteiger partial charge in [-0.15, -0.1) is 10.2 Å². The van der Waals surface area contributed by atoms with Gasteiger partial charge in [-0.05, 0) is 60.3 Å². The van der Waals surface area contributed by atoms with Gasteiger partial charge in [0.15, 0.2) is 5.82 Å². The molecular formula is C20H11ClF3N5O2S. The summed E-state index contributed by atoms with van der Waals surface area (Å²) in [6.45, 7) is 0. The van der Waals surface area contributed by atoms with Gasteiger partial charge in [0.2, 0.25) is 5.16 Å². The lowest BCUT2D eigenvalue weighted by Gasteiger charge is -2.11. The highest BCUT2D eigenvalue weighted by molar-refractivity contribution is 7.99. The predicted octanol–water partition coefficient (Wildman–Crippen LogP) is 6.06. The Kier molecular flexibility index (Phi) is 5.85. The number of pyridine rings is 1. The van der Waals surface area contributed by atoms with E-state index in [1.807, 2.05) is 0 Å². The third-order valence-electron chi connectivity index (χ3n) is 4.34. The Morgan fingerprint density at radius 2 is 1.69 bits per heavy atom. The number of aromatic nitrogens is 4. The highest BCUT2D eigenvalue weighted by Crippen LogP contribution is 2.40. The van der Waals surface area contributed by atoms with Gasteiger partial charge in [0, 0.05) is 34.7 Å². The smallest absolute Gasteiger partial charge is 0.270 e. The number of hydrogen-bond donors (Lipinski definition) is 0. The van der Waals surface area contributed by atoms with Crippen LogP contribution in [-0.4, -0.2) is 24.7 Å². The van der Waals surface area contributed by atoms with E-state index in [1.165, 1.54) is 0 Å². The van der Waals surface area contributed by atoms with E-state index in [2.05, 4.69) is 15.2 Å². The maximum absolute atomic E-state index is 13.0. The molecule has 12 heteroatoms. The minimum absolute atomic E-state index is 0.00751. The molecule has 2 aromatic heterocycles. The van der Waals surface area contributed by atoms with E-state index in [-0.39, 0.29) is 10.1 Å². The van der Waals surface area contributed by atoms with Crippen molar-refractivity contribution in [2.75, 3.05) is 0 Å². The second kappa shape index (κ2) is 8.60. The zero-order valence-corrected chi connectivity index (χ0v) is 17.4. The van der Waals surface area contributed by atoms with Gasteiger partial charge >= 0.3 is 6.18 Å². The van der Waals surface area contributed by atoms with Gasteiger partial charge in [-0.25, -0.2) is 0 Å². The summed E-state index contributed by atoms with van der Waals surface area (Å²) < 4.78 is 40.7. The number of halogens is 4. The summed E-state index contributed by atoms with van der Waals surface area (Å²) >= 11 is 6.82. The lowest BCUT2D eigenvalue weighted by atomic mass is 10.2. The van der Waals surface area contributed by atoms with Crippen LogP contribution < -0.4 is 0 Å². The molecule has 0 N–H and O–H groups in total. The lowest BCUT2D eigenvalue weighted by molar-refractivity contribution is -0.388. The average molecular weight is 478 g/mol. The van der Waals surface area contributed by atoms with Crippen LogP contribution in [0.5, 0.6) is 0 Å². The highest BCUT2D eigenvalue weighted by atomic mass is 35.5. The topological polar surface area (TPSA) is 86.7 Å². The Morgan fingerprint density at radius 1 is 1.00 bits per heavy atom. The Morgan fingerprint density at radius 3 is 2.31 bits per heavy atom. The molecule has 32 heavy (non-hydrogen) atoms. The number of nitro benzene ring substituents is 1. The first-order chi connectivity index (χ1) is 15.2. The van der Waals surface area contributed by atoms with Gasteiger partial charge in [-0.2, -0.15) is 13.2 Å². The summed E-state index contributed by atoms with van der Waals surface area (Å²) in [6, 6.07) is 12.5. The standard InChI is InChI=1S/C20H11ClF3N5O2S/c21-14-2-4-15(5-3-14)28-18(12-7-9-25-10-8-12)26-27-19(28)32-17-6-1-13(20(22,23)24)11-16(17)29(30)31/h1-11H. The van der Waals surface area contributed by atoms with Crippen LogP contribution in [0.2, 0.25) is 5.02 Å². The maximum Gasteiger partial charge on any atom is 0.416 e. The Labute approximate surface area is 188 Å². The van der Waals surface area contributed by atoms with E-state index in [4.69, 9.17) is 11.6 Å². The van der Waals surface area contributed by atoms with Crippen molar-refractivity contribution < 1.29 is 18.1 Å². The monoisotopic (exact) mass is 477 g/mol. The lowest BCUT2D eigenvalue weighted by Crippen LogP contribution is -2.06. The number of nitro groups is 1. The molecule has 0 saturated carbocycles. The molecule has 0 fully saturated rings. The molecule has 0 aliphatic carbocycles. The van der Waals surface area contributed by atoms with E-state index >= 15 is 0 Å². The summed E-state index contributed by atoms with van der Waals surface area (Å²) in [4.78, 5) is 14.6. The zero-order chi connectivity index (χ0) is 22.9. The molecular weight excluding hydrogens is 467 g/mol. The fraction of sp³-hybridized carbons (Fsp3) is 0.0500. The molecule has 0 unspecified atom stereocenters. The second-order valence-electron chi connectivity index (χ2n) is 6.39. The van der Waals surface area contributed by atoms with Crippen LogP contribution in [0.25, 0.3) is 17.1 Å². The highest BCUT2D eigenvalue weighted by Gasteiger charge is 2.33. The Bertz CT molecular complexity index is 1280. The van der Waals surface area contributed by atoms with Gasteiger partial charge < -0.3 is 0 Å². The van der Waals surface area contributed by atoms with E-state index in [0.717, 1.165) is 23.9 Å². The number of benzene rings is 2. The molecule has 7 nitrogen and oxygen atoms in total. The molecule has 162 valence electrons. The molecule has 0 atom stereocenters. The molecule has 2 aromatic carbocycles. The number of alkyl halides is 3. The molecule has 0 radical (unpaired) electrons. The molecule has 0 aliphatic heterocycles. The fourth-order valence-corrected chi connectivity index (χ4v) is 3.93. The van der Waals surface area contributed by atoms with Crippen LogP contribution in [0.3, 0.4) is 0 Å². The van der Waals surface area contributed by atoms with Crippen molar-refractivity contribution in [2.45, 2.75) is 16.2 Å². The minimum Gasteiger partial charge on any atom is -0.270 e. The van der Waals surface area contributed by atoms with Crippen LogP contribution in [0, 0.1) is 10.1 Å². The van der Waals surface area contributed by atoms with Gasteiger partial charge in [0.05, 0.1) is 15.4 Å². The van der Waals surface area contributed by atoms with Crippen LogP contribution in [0.15, 0.2) is 77.0 Å². The van der Waals surface area contributed by atoms with Crippen LogP contribution in [0.1, 0.15) is 5.56 Å². The summed E-state index contributed by atoms with van der Waals surface area (Å²) in [5, 5.41) is 20.5. The van der Waals surface area contributed by atoms with E-state index in [0.29, 0.717) is 28.2 Å². The Balaban J connectivity index is 1.84. The quantitative estimate of drug-likeness (QED) is 0.256. The molecule has 2 heterocycles. The van der Waals surface area contributed by atoms with Crippen molar-refractivity contribution in [2.24, 2.45) is 0 Å². The summed E-state index contributed by atoms with van der Waals surface area (Å²) in [7, 11) is 0. The number of hydrogen-bond acceptors (Lipinski definition) is 6. The van der Waals surface area contributed by atoms with Crippen LogP contribution in [-0.2, 0) is 6.18 Å². The van der Waals surface area contributed by atoms with Gasteiger partial charge in [-0.1, -0.05) is 11.6 Å². The first-order valence-corrected chi connectivity index (χ1v) is 10.1. The molecule has 0 saturated heterocycles. The third kappa shape index (κ3) is 4.43. The molecule has 0 aliphatic rings. The van der Waals surface area contributed by atoms with Crippen molar-refractivity contribution in [3.05, 3.63) is 87.7 Å². The first kappa shape index (κ1) is 21.8. The summed E-state index contributed by atoms with van der Waals surface area (Å²) in [5.74, 6) is 0.423. The molecule has 4 aromatic rings. The van der Waals surface area contributed by atoms with Crippen LogP contribution in [0.4, 0.5) is 18.9 Å². The summed E-state index contributed by atoms with van der Waals surface area (Å²) in [6.07, 6.45) is -1.56. The average Bonchev–Trinajstić information content (AvgIpc) is 3.18. The molecule has 4 rings (SSSR count). The third-order valence-corrected chi connectivity index (χ3v) is 5.60. The van der Waals surface area contributed by atoms with Gasteiger partial charge in [-0.3, -0.25) is 19.7 Å². The van der Waals surface area contributed by atoms with Crippen molar-refractivity contribution in [1.29, 1.82) is 0 Å². The second-order valence-corrected chi connectivity index (χ2v) is 7.84. The molecule has 0 bridgehead atoms. The minimum atomic E-state index is -4.70. The van der Waals surface area contributed by atoms with E-state index in [9.17, 15) is 23.3 Å². The van der Waals surface area contributed by atoms with E-state index < -0.39 is 22.4 Å². The van der Waals surface area contributed by atoms with Crippen molar-refractivity contribution >= 4 is 29.1 Å². The normalized spacial score (nSPS) is 11.5. The zero-order valence-electron chi connectivity index (χ0n) is 15.8. The van der Waals surface area contributed by atoms with Crippen molar-refractivity contribution in [3.63, 3.8) is 0 Å². The largest absolute Gasteiger partial charge is 0.416 e. The SMILES string of the molecule is O=[N+]([O-])c1cc(C(F)(F)F)ccc1Sc1nnc(-c2ccncc2)n1-c1ccc(Cl)cc1. The first-order valence-electron chi connectivity index (χ1n) is 8.89. The van der Waals surface area contributed by atoms with Crippen LogP contribution >= 0.6 is 23.4 Å².